The lowest BCUT2D eigenvalue weighted by Crippen LogP contribution is -2.31. The number of hydrogen-bond donors (Lipinski definition) is 1. The van der Waals surface area contributed by atoms with Gasteiger partial charge in [0.1, 0.15) is 0 Å². The molecule has 0 unspecified atom stereocenters. The number of hydrogen-bond acceptors (Lipinski definition) is 4. The van der Waals surface area contributed by atoms with Crippen LogP contribution in [0.5, 0.6) is 0 Å². The Labute approximate surface area is 59.4 Å². The molecule has 0 atom stereocenters. The molecule has 0 aliphatic rings. The van der Waals surface area contributed by atoms with Gasteiger partial charge in [0.15, 0.2) is 0 Å². The average Bonchev–Trinajstić information content (AvgIpc) is 1.59. The fourth-order valence-electron chi connectivity index (χ4n) is 0.171. The minimum atomic E-state index is -4.62. The summed E-state index contributed by atoms with van der Waals surface area (Å²) < 4.78 is 48.9. The molecular weight excluding hydrogens is 182 g/mol. The summed E-state index contributed by atoms with van der Waals surface area (Å²) in [7, 11) is -7.74. The zero-order valence-corrected chi connectivity index (χ0v) is 6.98. The molecule has 0 saturated heterocycles. The Hall–Kier alpha value is -0.180. The summed E-state index contributed by atoms with van der Waals surface area (Å²) >= 11 is 0. The van der Waals surface area contributed by atoms with E-state index in [0.29, 0.717) is 6.26 Å². The largest absolute Gasteiger partial charge is 0.348 e. The van der Waals surface area contributed by atoms with E-state index in [0.717, 1.165) is 7.05 Å². The Morgan fingerprint density at radius 2 is 1.50 bits per heavy atom. The van der Waals surface area contributed by atoms with Crippen LogP contribution in [0.4, 0.5) is 0 Å². The van der Waals surface area contributed by atoms with Crippen molar-refractivity contribution in [3.63, 3.8) is 0 Å². The van der Waals surface area contributed by atoms with Crippen molar-refractivity contribution in [1.29, 1.82) is 0 Å². The number of sulfonamides is 1. The SMILES string of the molecule is CN(S(C)(=O)=O)S(=O)(=O)O. The Kier molecular flexibility index (Phi) is 2.41. The topological polar surface area (TPSA) is 91.8 Å². The Balaban J connectivity index is 4.94. The summed E-state index contributed by atoms with van der Waals surface area (Å²) in [6.45, 7) is 0. The molecule has 8 heteroatoms. The highest BCUT2D eigenvalue weighted by Crippen LogP contribution is 1.98. The Bertz CT molecular complexity index is 267. The van der Waals surface area contributed by atoms with Gasteiger partial charge in [-0.05, 0) is 0 Å². The molecule has 0 aliphatic heterocycles. The van der Waals surface area contributed by atoms with E-state index >= 15 is 0 Å². The molecule has 0 rings (SSSR count). The van der Waals surface area contributed by atoms with Gasteiger partial charge in [-0.15, -0.1) is 0 Å². The van der Waals surface area contributed by atoms with Crippen LogP contribution in [0.2, 0.25) is 0 Å². The van der Waals surface area contributed by atoms with Gasteiger partial charge in [0.2, 0.25) is 10.0 Å². The summed E-state index contributed by atoms with van der Waals surface area (Å²) in [6, 6.07) is 0. The molecule has 0 amide bonds. The second-order valence-electron chi connectivity index (χ2n) is 1.62. The summed E-state index contributed by atoms with van der Waals surface area (Å²) in [4.78, 5) is 0. The quantitative estimate of drug-likeness (QED) is 0.544. The zero-order chi connectivity index (χ0) is 8.58. The molecule has 1 N–H and O–H groups in total. The van der Waals surface area contributed by atoms with Crippen molar-refractivity contribution in [2.24, 2.45) is 0 Å². The third-order valence-corrected chi connectivity index (χ3v) is 3.75. The first-order chi connectivity index (χ1) is 4.15. The average molecular weight is 189 g/mol. The molecule has 6 nitrogen and oxygen atoms in total. The molecular formula is C2H7NO5S2. The lowest BCUT2D eigenvalue weighted by molar-refractivity contribution is 0.438. The highest BCUT2D eigenvalue weighted by molar-refractivity contribution is 8.01. The molecule has 0 aromatic carbocycles. The van der Waals surface area contributed by atoms with E-state index in [1.54, 1.807) is 0 Å². The van der Waals surface area contributed by atoms with Crippen molar-refractivity contribution >= 4 is 20.3 Å². The molecule has 0 spiro atoms. The molecule has 0 aromatic heterocycles. The van der Waals surface area contributed by atoms with Gasteiger partial charge in [-0.2, -0.15) is 8.42 Å². The third kappa shape index (κ3) is 2.60. The molecule has 0 aromatic rings. The molecule has 0 radical (unpaired) electrons. The van der Waals surface area contributed by atoms with E-state index in [1.807, 2.05) is 0 Å². The van der Waals surface area contributed by atoms with Crippen molar-refractivity contribution in [3.8, 4) is 0 Å². The summed E-state index contributed by atoms with van der Waals surface area (Å²) in [5, 5.41) is 0. The van der Waals surface area contributed by atoms with E-state index in [4.69, 9.17) is 4.55 Å². The fraction of sp³-hybridized carbons (Fsp3) is 1.00. The van der Waals surface area contributed by atoms with Crippen molar-refractivity contribution in [3.05, 3.63) is 0 Å². The Morgan fingerprint density at radius 3 is 1.50 bits per heavy atom. The second-order valence-corrected chi connectivity index (χ2v) is 5.31. The third-order valence-electron chi connectivity index (χ3n) is 0.792. The predicted molar refractivity (Wildman–Crippen MR) is 34.2 cm³/mol. The van der Waals surface area contributed by atoms with Gasteiger partial charge >= 0.3 is 10.3 Å². The van der Waals surface area contributed by atoms with Gasteiger partial charge in [-0.25, -0.2) is 8.42 Å². The van der Waals surface area contributed by atoms with E-state index in [1.165, 1.54) is 0 Å². The predicted octanol–water partition coefficient (Wildman–Crippen LogP) is -1.32. The normalized spacial score (nSPS) is 14.0. The smallest absolute Gasteiger partial charge is 0.273 e. The lowest BCUT2D eigenvalue weighted by atomic mass is 11.6. The van der Waals surface area contributed by atoms with Crippen LogP contribution in [0, 0.1) is 0 Å². The van der Waals surface area contributed by atoms with Crippen molar-refractivity contribution in [1.82, 2.24) is 3.71 Å². The zero-order valence-electron chi connectivity index (χ0n) is 5.34. The first kappa shape index (κ1) is 9.82. The molecule has 0 fully saturated rings. The summed E-state index contributed by atoms with van der Waals surface area (Å²) in [6.07, 6.45) is 0.667. The van der Waals surface area contributed by atoms with Crippen LogP contribution in [-0.4, -0.2) is 38.4 Å². The second kappa shape index (κ2) is 2.46. The van der Waals surface area contributed by atoms with Crippen molar-refractivity contribution < 1.29 is 21.4 Å². The van der Waals surface area contributed by atoms with Gasteiger partial charge in [-0.3, -0.25) is 4.55 Å². The number of nitrogens with zero attached hydrogens (tertiary/aromatic N) is 1. The molecule has 0 heterocycles. The van der Waals surface area contributed by atoms with Crippen LogP contribution in [-0.2, 0) is 20.3 Å². The maximum atomic E-state index is 10.4. The van der Waals surface area contributed by atoms with E-state index < -0.39 is 20.3 Å². The van der Waals surface area contributed by atoms with Crippen LogP contribution in [0.1, 0.15) is 0 Å². The lowest BCUT2D eigenvalue weighted by Gasteiger charge is -2.07. The highest BCUT2D eigenvalue weighted by Gasteiger charge is 2.22. The van der Waals surface area contributed by atoms with Crippen LogP contribution >= 0.6 is 0 Å². The van der Waals surface area contributed by atoms with Crippen LogP contribution < -0.4 is 0 Å². The Morgan fingerprint density at radius 1 is 1.20 bits per heavy atom. The molecule has 0 saturated carbocycles. The molecule has 0 bridgehead atoms. The first-order valence-corrected chi connectivity index (χ1v) is 5.32. The summed E-state index contributed by atoms with van der Waals surface area (Å²) in [5.74, 6) is 0. The standard InChI is InChI=1S/C2H7NO5S2/c1-3(9(2,4)5)10(6,7)8/h1-2H3,(H,6,7,8). The fourth-order valence-corrected chi connectivity index (χ4v) is 1.54. The van der Waals surface area contributed by atoms with Gasteiger partial charge in [0.25, 0.3) is 0 Å². The van der Waals surface area contributed by atoms with E-state index in [9.17, 15) is 16.8 Å². The molecule has 62 valence electrons. The summed E-state index contributed by atoms with van der Waals surface area (Å²) in [5.41, 5.74) is 0. The minimum absolute atomic E-state index is 0.125. The first-order valence-electron chi connectivity index (χ1n) is 2.07. The van der Waals surface area contributed by atoms with E-state index in [-0.39, 0.29) is 3.71 Å². The highest BCUT2D eigenvalue weighted by atomic mass is 32.3. The van der Waals surface area contributed by atoms with Crippen molar-refractivity contribution in [2.75, 3.05) is 13.3 Å². The van der Waals surface area contributed by atoms with Crippen LogP contribution in [0.3, 0.4) is 0 Å². The van der Waals surface area contributed by atoms with Gasteiger partial charge in [0, 0.05) is 7.05 Å². The maximum absolute atomic E-state index is 10.4. The maximum Gasteiger partial charge on any atom is 0.348 e. The van der Waals surface area contributed by atoms with Gasteiger partial charge < -0.3 is 0 Å². The molecule has 10 heavy (non-hydrogen) atoms. The van der Waals surface area contributed by atoms with E-state index in [2.05, 4.69) is 0 Å². The van der Waals surface area contributed by atoms with Crippen LogP contribution in [0.15, 0.2) is 0 Å². The van der Waals surface area contributed by atoms with Crippen LogP contribution in [0.25, 0.3) is 0 Å². The minimum Gasteiger partial charge on any atom is -0.273 e. The van der Waals surface area contributed by atoms with Gasteiger partial charge in [-0.1, -0.05) is 3.71 Å². The van der Waals surface area contributed by atoms with Gasteiger partial charge in [0.05, 0.1) is 6.26 Å². The van der Waals surface area contributed by atoms with Crippen molar-refractivity contribution in [2.45, 2.75) is 0 Å². The monoisotopic (exact) mass is 189 g/mol. The molecule has 0 aliphatic carbocycles. The number of rotatable bonds is 2.